The van der Waals surface area contributed by atoms with Gasteiger partial charge in [0.05, 0.1) is 17.9 Å². The third kappa shape index (κ3) is 1.74. The lowest BCUT2D eigenvalue weighted by Crippen LogP contribution is -2.18. The van der Waals surface area contributed by atoms with Gasteiger partial charge in [-0.15, -0.1) is 5.10 Å². The maximum absolute atomic E-state index is 4.15. The predicted molar refractivity (Wildman–Crippen MR) is 65.4 cm³/mol. The van der Waals surface area contributed by atoms with E-state index in [1.165, 1.54) is 11.1 Å². The lowest BCUT2D eigenvalue weighted by atomic mass is 10.0. The van der Waals surface area contributed by atoms with Crippen LogP contribution >= 0.6 is 0 Å². The molecule has 0 aliphatic carbocycles. The molecule has 0 radical (unpaired) electrons. The van der Waals surface area contributed by atoms with Crippen LogP contribution in [0.2, 0.25) is 0 Å². The molecular formula is C13H16N4. The van der Waals surface area contributed by atoms with Crippen LogP contribution in [0.25, 0.3) is 0 Å². The predicted octanol–water partition coefficient (Wildman–Crippen LogP) is 1.88. The largest absolute Gasteiger partial charge is 0.301 e. The second-order valence-electron chi connectivity index (χ2n) is 4.39. The van der Waals surface area contributed by atoms with Gasteiger partial charge in [0.1, 0.15) is 0 Å². The van der Waals surface area contributed by atoms with E-state index >= 15 is 0 Å². The zero-order valence-electron chi connectivity index (χ0n) is 9.93. The van der Waals surface area contributed by atoms with Crippen molar-refractivity contribution >= 4 is 0 Å². The third-order valence-electron chi connectivity index (χ3n) is 3.24. The first-order chi connectivity index (χ1) is 8.40. The van der Waals surface area contributed by atoms with E-state index < -0.39 is 0 Å². The summed E-state index contributed by atoms with van der Waals surface area (Å²) in [4.78, 5) is 0. The smallest absolute Gasteiger partial charge is 0.0802 e. The molecule has 0 fully saturated rings. The van der Waals surface area contributed by atoms with Crippen molar-refractivity contribution in [2.45, 2.75) is 32.5 Å². The molecule has 0 saturated carbocycles. The Morgan fingerprint density at radius 2 is 2.29 bits per heavy atom. The summed E-state index contributed by atoms with van der Waals surface area (Å²) in [6.45, 7) is 4.01. The first-order valence-corrected chi connectivity index (χ1v) is 6.09. The van der Waals surface area contributed by atoms with Crippen LogP contribution in [0.4, 0.5) is 0 Å². The molecule has 1 atom stereocenters. The van der Waals surface area contributed by atoms with Crippen molar-refractivity contribution in [3.05, 3.63) is 47.3 Å². The van der Waals surface area contributed by atoms with Gasteiger partial charge < -0.3 is 5.32 Å². The monoisotopic (exact) mass is 228 g/mol. The summed E-state index contributed by atoms with van der Waals surface area (Å²) in [6, 6.07) is 8.78. The molecule has 17 heavy (non-hydrogen) atoms. The molecule has 1 N–H and O–H groups in total. The molecule has 1 aromatic carbocycles. The van der Waals surface area contributed by atoms with Gasteiger partial charge in [0.25, 0.3) is 0 Å². The zero-order chi connectivity index (χ0) is 11.7. The minimum absolute atomic E-state index is 0.243. The van der Waals surface area contributed by atoms with Gasteiger partial charge in [0.15, 0.2) is 0 Å². The summed E-state index contributed by atoms with van der Waals surface area (Å²) < 4.78 is 2.00. The summed E-state index contributed by atoms with van der Waals surface area (Å²) in [7, 11) is 0. The molecule has 0 amide bonds. The average molecular weight is 228 g/mol. The van der Waals surface area contributed by atoms with Crippen molar-refractivity contribution < 1.29 is 0 Å². The minimum atomic E-state index is 0.243. The average Bonchev–Trinajstić information content (AvgIpc) is 2.95. The van der Waals surface area contributed by atoms with Gasteiger partial charge in [0.2, 0.25) is 0 Å². The fourth-order valence-corrected chi connectivity index (χ4v) is 2.44. The highest BCUT2D eigenvalue weighted by Gasteiger charge is 2.25. The molecule has 0 saturated heterocycles. The third-order valence-corrected chi connectivity index (χ3v) is 3.24. The molecule has 1 unspecified atom stereocenters. The van der Waals surface area contributed by atoms with E-state index in [9.17, 15) is 0 Å². The van der Waals surface area contributed by atoms with Crippen LogP contribution in [0.5, 0.6) is 0 Å². The topological polar surface area (TPSA) is 42.7 Å². The van der Waals surface area contributed by atoms with Crippen LogP contribution in [0.1, 0.15) is 36.2 Å². The molecule has 3 rings (SSSR count). The highest BCUT2D eigenvalue weighted by atomic mass is 15.4. The molecule has 88 valence electrons. The Balaban J connectivity index is 1.98. The van der Waals surface area contributed by atoms with Gasteiger partial charge in [-0.2, -0.15) is 0 Å². The number of nitrogens with one attached hydrogen (secondary N) is 1. The van der Waals surface area contributed by atoms with Crippen LogP contribution in [0, 0.1) is 0 Å². The molecule has 0 bridgehead atoms. The second-order valence-corrected chi connectivity index (χ2v) is 4.39. The molecule has 0 spiro atoms. The van der Waals surface area contributed by atoms with Crippen molar-refractivity contribution in [3.63, 3.8) is 0 Å². The molecule has 4 heteroatoms. The lowest BCUT2D eigenvalue weighted by molar-refractivity contribution is 0.521. The second kappa shape index (κ2) is 4.30. The van der Waals surface area contributed by atoms with Crippen LogP contribution in [0.15, 0.2) is 30.5 Å². The fraction of sp³-hybridized carbons (Fsp3) is 0.385. The first kappa shape index (κ1) is 10.5. The van der Waals surface area contributed by atoms with E-state index in [-0.39, 0.29) is 6.04 Å². The summed E-state index contributed by atoms with van der Waals surface area (Å²) in [5.41, 5.74) is 3.89. The van der Waals surface area contributed by atoms with Gasteiger partial charge >= 0.3 is 0 Å². The van der Waals surface area contributed by atoms with E-state index in [1.54, 1.807) is 0 Å². The lowest BCUT2D eigenvalue weighted by Gasteiger charge is -2.13. The Bertz CT molecular complexity index is 518. The zero-order valence-corrected chi connectivity index (χ0v) is 9.93. The van der Waals surface area contributed by atoms with Gasteiger partial charge in [-0.3, -0.25) is 0 Å². The van der Waals surface area contributed by atoms with Crippen molar-refractivity contribution in [1.82, 2.24) is 20.3 Å². The number of hydrogen-bond acceptors (Lipinski definition) is 3. The Labute approximate surface area is 101 Å². The SMILES string of the molecule is CCCn1nncc1C1NCc2ccccc21. The van der Waals surface area contributed by atoms with E-state index in [4.69, 9.17) is 0 Å². The number of rotatable bonds is 3. The van der Waals surface area contributed by atoms with Gasteiger partial charge in [-0.1, -0.05) is 36.4 Å². The summed E-state index contributed by atoms with van der Waals surface area (Å²) in [5.74, 6) is 0. The number of hydrogen-bond donors (Lipinski definition) is 1. The van der Waals surface area contributed by atoms with Crippen LogP contribution in [-0.4, -0.2) is 15.0 Å². The van der Waals surface area contributed by atoms with Crippen molar-refractivity contribution in [2.75, 3.05) is 0 Å². The molecular weight excluding hydrogens is 212 g/mol. The molecule has 1 aliphatic heterocycles. The normalized spacial score (nSPS) is 18.3. The number of aryl methyl sites for hydroxylation is 1. The van der Waals surface area contributed by atoms with Crippen LogP contribution < -0.4 is 5.32 Å². The van der Waals surface area contributed by atoms with Gasteiger partial charge in [0, 0.05) is 13.1 Å². The van der Waals surface area contributed by atoms with Crippen LogP contribution in [-0.2, 0) is 13.1 Å². The van der Waals surface area contributed by atoms with E-state index in [0.29, 0.717) is 0 Å². The molecule has 2 aromatic rings. The Morgan fingerprint density at radius 3 is 3.18 bits per heavy atom. The van der Waals surface area contributed by atoms with E-state index in [0.717, 1.165) is 25.2 Å². The molecule has 2 heterocycles. The summed E-state index contributed by atoms with van der Waals surface area (Å²) in [5, 5.41) is 11.7. The number of benzene rings is 1. The molecule has 1 aromatic heterocycles. The Hall–Kier alpha value is -1.68. The van der Waals surface area contributed by atoms with Crippen molar-refractivity contribution in [2.24, 2.45) is 0 Å². The van der Waals surface area contributed by atoms with Crippen molar-refractivity contribution in [1.29, 1.82) is 0 Å². The highest BCUT2D eigenvalue weighted by Crippen LogP contribution is 2.29. The first-order valence-electron chi connectivity index (χ1n) is 6.09. The number of nitrogens with zero attached hydrogens (tertiary/aromatic N) is 3. The standard InChI is InChI=1S/C13H16N4/c1-2-7-17-12(9-15-16-17)13-11-6-4-3-5-10(11)8-14-13/h3-6,9,13-14H,2,7-8H2,1H3. The number of aromatic nitrogens is 3. The quantitative estimate of drug-likeness (QED) is 0.872. The Morgan fingerprint density at radius 1 is 1.41 bits per heavy atom. The number of fused-ring (bicyclic) bond motifs is 1. The fourth-order valence-electron chi connectivity index (χ4n) is 2.44. The molecule has 4 nitrogen and oxygen atoms in total. The maximum Gasteiger partial charge on any atom is 0.0802 e. The van der Waals surface area contributed by atoms with Gasteiger partial charge in [-0.25, -0.2) is 4.68 Å². The highest BCUT2D eigenvalue weighted by molar-refractivity contribution is 5.38. The van der Waals surface area contributed by atoms with E-state index in [1.807, 2.05) is 10.9 Å². The summed E-state index contributed by atoms with van der Waals surface area (Å²) >= 11 is 0. The van der Waals surface area contributed by atoms with Crippen LogP contribution in [0.3, 0.4) is 0 Å². The summed E-state index contributed by atoms with van der Waals surface area (Å²) in [6.07, 6.45) is 2.94. The maximum atomic E-state index is 4.15. The van der Waals surface area contributed by atoms with E-state index in [2.05, 4.69) is 46.8 Å². The van der Waals surface area contributed by atoms with Crippen molar-refractivity contribution in [3.8, 4) is 0 Å². The minimum Gasteiger partial charge on any atom is -0.301 e. The Kier molecular flexibility index (Phi) is 2.65. The van der Waals surface area contributed by atoms with Gasteiger partial charge in [-0.05, 0) is 17.5 Å². The molecule has 1 aliphatic rings.